The molecular weight excluding hydrogens is 318 g/mol. The van der Waals surface area contributed by atoms with E-state index in [-0.39, 0.29) is 5.91 Å². The summed E-state index contributed by atoms with van der Waals surface area (Å²) in [5, 5.41) is 13.4. The van der Waals surface area contributed by atoms with Crippen LogP contribution in [0.3, 0.4) is 0 Å². The van der Waals surface area contributed by atoms with Gasteiger partial charge in [0.15, 0.2) is 0 Å². The van der Waals surface area contributed by atoms with E-state index in [1.165, 1.54) is 11.3 Å². The van der Waals surface area contributed by atoms with Crippen molar-refractivity contribution in [3.8, 4) is 0 Å². The van der Waals surface area contributed by atoms with Gasteiger partial charge in [-0.15, -0.1) is 10.2 Å². The number of halogens is 1. The van der Waals surface area contributed by atoms with Gasteiger partial charge in [-0.25, -0.2) is 0 Å². The number of hydrogen-bond donors (Lipinski definition) is 1. The Kier molecular flexibility index (Phi) is 4.45. The molecular formula is C16H18ClN3OS. The molecule has 1 saturated carbocycles. The second-order valence-electron chi connectivity index (χ2n) is 5.65. The molecule has 0 aliphatic heterocycles. The molecule has 0 spiro atoms. The number of hydrogen-bond acceptors (Lipinski definition) is 4. The predicted molar refractivity (Wildman–Crippen MR) is 89.5 cm³/mol. The van der Waals surface area contributed by atoms with Gasteiger partial charge in [-0.2, -0.15) is 0 Å². The highest BCUT2D eigenvalue weighted by atomic mass is 35.5. The van der Waals surface area contributed by atoms with Crippen LogP contribution in [0.4, 0.5) is 5.13 Å². The van der Waals surface area contributed by atoms with E-state index in [2.05, 4.69) is 22.4 Å². The first-order valence-electron chi connectivity index (χ1n) is 7.54. The molecule has 6 heteroatoms. The molecule has 3 rings (SSSR count). The highest BCUT2D eigenvalue weighted by Gasteiger charge is 2.45. The SMILES string of the molecule is CCCc1nnc(NC(=O)C2(c3ccc(Cl)cc3)CCC2)s1. The van der Waals surface area contributed by atoms with Gasteiger partial charge in [-0.05, 0) is 37.0 Å². The summed E-state index contributed by atoms with van der Waals surface area (Å²) >= 11 is 7.41. The van der Waals surface area contributed by atoms with Gasteiger partial charge in [-0.1, -0.05) is 48.4 Å². The molecule has 0 radical (unpaired) electrons. The van der Waals surface area contributed by atoms with Crippen LogP contribution in [0.1, 0.15) is 43.2 Å². The van der Waals surface area contributed by atoms with Crippen molar-refractivity contribution in [3.05, 3.63) is 39.9 Å². The Labute approximate surface area is 138 Å². The van der Waals surface area contributed by atoms with Crippen molar-refractivity contribution in [2.75, 3.05) is 5.32 Å². The van der Waals surface area contributed by atoms with Crippen molar-refractivity contribution < 1.29 is 4.79 Å². The molecule has 4 nitrogen and oxygen atoms in total. The van der Waals surface area contributed by atoms with Gasteiger partial charge in [-0.3, -0.25) is 10.1 Å². The summed E-state index contributed by atoms with van der Waals surface area (Å²) < 4.78 is 0. The smallest absolute Gasteiger partial charge is 0.236 e. The number of rotatable bonds is 5. The molecule has 116 valence electrons. The second-order valence-corrected chi connectivity index (χ2v) is 7.15. The lowest BCUT2D eigenvalue weighted by molar-refractivity contribution is -0.124. The molecule has 1 aromatic carbocycles. The number of aryl methyl sites for hydroxylation is 1. The molecule has 0 unspecified atom stereocenters. The first kappa shape index (κ1) is 15.4. The number of nitrogens with zero attached hydrogens (tertiary/aromatic N) is 2. The van der Waals surface area contributed by atoms with Gasteiger partial charge in [0, 0.05) is 11.4 Å². The molecule has 1 fully saturated rings. The normalized spacial score (nSPS) is 16.1. The number of anilines is 1. The van der Waals surface area contributed by atoms with Crippen LogP contribution in [0.2, 0.25) is 5.02 Å². The third-order valence-electron chi connectivity index (χ3n) is 4.19. The average Bonchev–Trinajstić information content (AvgIpc) is 2.87. The van der Waals surface area contributed by atoms with Crippen molar-refractivity contribution in [1.82, 2.24) is 10.2 Å². The maximum Gasteiger partial charge on any atom is 0.236 e. The number of amides is 1. The van der Waals surface area contributed by atoms with E-state index in [9.17, 15) is 4.79 Å². The van der Waals surface area contributed by atoms with E-state index in [1.807, 2.05) is 24.3 Å². The highest BCUT2D eigenvalue weighted by molar-refractivity contribution is 7.15. The van der Waals surface area contributed by atoms with E-state index < -0.39 is 5.41 Å². The number of aromatic nitrogens is 2. The minimum absolute atomic E-state index is 0.0141. The van der Waals surface area contributed by atoms with Crippen LogP contribution in [0, 0.1) is 0 Å². The van der Waals surface area contributed by atoms with Crippen LogP contribution in [0.5, 0.6) is 0 Å². The molecule has 0 bridgehead atoms. The zero-order chi connectivity index (χ0) is 15.6. The lowest BCUT2D eigenvalue weighted by Crippen LogP contribution is -2.45. The van der Waals surface area contributed by atoms with Crippen LogP contribution in [0.15, 0.2) is 24.3 Å². The van der Waals surface area contributed by atoms with E-state index >= 15 is 0 Å². The Morgan fingerprint density at radius 1 is 1.32 bits per heavy atom. The molecule has 2 aromatic rings. The molecule has 1 aliphatic carbocycles. The van der Waals surface area contributed by atoms with Crippen LogP contribution >= 0.6 is 22.9 Å². The largest absolute Gasteiger partial charge is 0.300 e. The summed E-state index contributed by atoms with van der Waals surface area (Å²) in [6.45, 7) is 2.10. The number of carbonyl (C=O) groups excluding carboxylic acids is 1. The van der Waals surface area contributed by atoms with E-state index in [4.69, 9.17) is 11.6 Å². The van der Waals surface area contributed by atoms with Gasteiger partial charge in [0.2, 0.25) is 11.0 Å². The average molecular weight is 336 g/mol. The zero-order valence-electron chi connectivity index (χ0n) is 12.4. The fourth-order valence-electron chi connectivity index (χ4n) is 2.78. The molecule has 0 saturated heterocycles. The number of nitrogens with one attached hydrogen (secondary N) is 1. The van der Waals surface area contributed by atoms with E-state index in [1.54, 1.807) is 0 Å². The van der Waals surface area contributed by atoms with Crippen molar-refractivity contribution in [2.24, 2.45) is 0 Å². The Balaban J connectivity index is 1.77. The fraction of sp³-hybridized carbons (Fsp3) is 0.438. The standard InChI is InChI=1S/C16H18ClN3OS/c1-2-4-13-19-20-15(22-13)18-14(21)16(9-3-10-16)11-5-7-12(17)8-6-11/h5-8H,2-4,9-10H2,1H3,(H,18,20,21). The monoisotopic (exact) mass is 335 g/mol. The molecule has 0 atom stereocenters. The van der Waals surface area contributed by atoms with Crippen LogP contribution < -0.4 is 5.32 Å². The van der Waals surface area contributed by atoms with Crippen molar-refractivity contribution in [2.45, 2.75) is 44.4 Å². The third-order valence-corrected chi connectivity index (χ3v) is 5.34. The Bertz CT molecular complexity index is 664. The van der Waals surface area contributed by atoms with Crippen molar-refractivity contribution >= 4 is 34.0 Å². The van der Waals surface area contributed by atoms with Gasteiger partial charge >= 0.3 is 0 Å². The lowest BCUT2D eigenvalue weighted by Gasteiger charge is -2.40. The molecule has 1 heterocycles. The first-order chi connectivity index (χ1) is 10.6. The van der Waals surface area contributed by atoms with Crippen molar-refractivity contribution in [1.29, 1.82) is 0 Å². The topological polar surface area (TPSA) is 54.9 Å². The third kappa shape index (κ3) is 2.88. The maximum atomic E-state index is 12.8. The second kappa shape index (κ2) is 6.34. The quantitative estimate of drug-likeness (QED) is 0.890. The van der Waals surface area contributed by atoms with Gasteiger partial charge in [0.25, 0.3) is 0 Å². The molecule has 1 amide bonds. The van der Waals surface area contributed by atoms with Gasteiger partial charge in [0.1, 0.15) is 5.01 Å². The highest BCUT2D eigenvalue weighted by Crippen LogP contribution is 2.45. The van der Waals surface area contributed by atoms with E-state index in [0.717, 1.165) is 42.7 Å². The lowest BCUT2D eigenvalue weighted by atomic mass is 9.64. The summed E-state index contributed by atoms with van der Waals surface area (Å²) in [4.78, 5) is 12.8. The Morgan fingerprint density at radius 2 is 2.05 bits per heavy atom. The van der Waals surface area contributed by atoms with E-state index in [0.29, 0.717) is 10.2 Å². The predicted octanol–water partition coefficient (Wildman–Crippen LogP) is 4.20. The fourth-order valence-corrected chi connectivity index (χ4v) is 3.74. The summed E-state index contributed by atoms with van der Waals surface area (Å²) in [6, 6.07) is 7.58. The first-order valence-corrected chi connectivity index (χ1v) is 8.73. The summed E-state index contributed by atoms with van der Waals surface area (Å²) in [5.41, 5.74) is 0.584. The molecule has 22 heavy (non-hydrogen) atoms. The number of carbonyl (C=O) groups is 1. The number of benzene rings is 1. The van der Waals surface area contributed by atoms with Gasteiger partial charge < -0.3 is 0 Å². The van der Waals surface area contributed by atoms with Gasteiger partial charge in [0.05, 0.1) is 5.41 Å². The minimum atomic E-state index is -0.443. The van der Waals surface area contributed by atoms with Crippen LogP contribution in [0.25, 0.3) is 0 Å². The zero-order valence-corrected chi connectivity index (χ0v) is 14.0. The Morgan fingerprint density at radius 3 is 2.64 bits per heavy atom. The minimum Gasteiger partial charge on any atom is -0.300 e. The van der Waals surface area contributed by atoms with Crippen LogP contribution in [-0.2, 0) is 16.6 Å². The summed E-state index contributed by atoms with van der Waals surface area (Å²) in [6.07, 6.45) is 4.71. The Hall–Kier alpha value is -1.46. The van der Waals surface area contributed by atoms with Crippen molar-refractivity contribution in [3.63, 3.8) is 0 Å². The maximum absolute atomic E-state index is 12.8. The van der Waals surface area contributed by atoms with Crippen LogP contribution in [-0.4, -0.2) is 16.1 Å². The molecule has 1 aliphatic rings. The summed E-state index contributed by atoms with van der Waals surface area (Å²) in [7, 11) is 0. The molecule has 1 N–H and O–H groups in total. The summed E-state index contributed by atoms with van der Waals surface area (Å²) in [5.74, 6) is 0.0141. The molecule has 1 aromatic heterocycles.